The molecule has 0 bridgehead atoms. The molecule has 0 aliphatic carbocycles. The molecule has 1 aromatic rings. The van der Waals surface area contributed by atoms with Crippen LogP contribution in [0.25, 0.3) is 0 Å². The molecule has 0 saturated carbocycles. The Morgan fingerprint density at radius 1 is 1.38 bits per heavy atom. The molecule has 86 valence electrons. The Hall–Kier alpha value is -1.56. The van der Waals surface area contributed by atoms with Gasteiger partial charge in [0.1, 0.15) is 0 Å². The van der Waals surface area contributed by atoms with Gasteiger partial charge in [-0.2, -0.15) is 0 Å². The van der Waals surface area contributed by atoms with Crippen LogP contribution in [0.15, 0.2) is 28.7 Å². The van der Waals surface area contributed by atoms with E-state index in [9.17, 15) is 9.59 Å². The van der Waals surface area contributed by atoms with E-state index in [1.165, 1.54) is 0 Å². The summed E-state index contributed by atoms with van der Waals surface area (Å²) in [5.74, 6) is -0.998. The maximum Gasteiger partial charge on any atom is 0.312 e. The maximum atomic E-state index is 10.7. The fourth-order valence-corrected chi connectivity index (χ4v) is 1.56. The number of hydrogen-bond acceptors (Lipinski definition) is 2. The van der Waals surface area contributed by atoms with Crippen LogP contribution < -0.4 is 11.1 Å². The molecule has 0 spiro atoms. The molecule has 6 heteroatoms. The fourth-order valence-electron chi connectivity index (χ4n) is 1.29. The predicted octanol–water partition coefficient (Wildman–Crippen LogP) is 1.63. The van der Waals surface area contributed by atoms with Gasteiger partial charge in [-0.05, 0) is 17.7 Å². The molecule has 1 rings (SSSR count). The zero-order valence-corrected chi connectivity index (χ0v) is 9.90. The third kappa shape index (κ3) is 3.90. The van der Waals surface area contributed by atoms with Gasteiger partial charge in [0.25, 0.3) is 0 Å². The van der Waals surface area contributed by atoms with E-state index in [-0.39, 0.29) is 6.42 Å². The van der Waals surface area contributed by atoms with Crippen LogP contribution in [0.2, 0.25) is 0 Å². The van der Waals surface area contributed by atoms with E-state index in [4.69, 9.17) is 10.8 Å². The first-order valence-corrected chi connectivity index (χ1v) is 5.31. The predicted molar refractivity (Wildman–Crippen MR) is 61.9 cm³/mol. The summed E-state index contributed by atoms with van der Waals surface area (Å²) in [6.45, 7) is 0. The van der Waals surface area contributed by atoms with Gasteiger partial charge in [-0.15, -0.1) is 0 Å². The van der Waals surface area contributed by atoms with Crippen molar-refractivity contribution in [1.29, 1.82) is 0 Å². The lowest BCUT2D eigenvalue weighted by molar-refractivity contribution is -0.137. The molecule has 0 saturated heterocycles. The van der Waals surface area contributed by atoms with Crippen molar-refractivity contribution in [1.82, 2.24) is 5.32 Å². The van der Waals surface area contributed by atoms with Gasteiger partial charge in [0.05, 0.1) is 12.5 Å². The first-order chi connectivity index (χ1) is 7.49. The Balaban J connectivity index is 2.86. The van der Waals surface area contributed by atoms with Crippen LogP contribution in [0.3, 0.4) is 0 Å². The SMILES string of the molecule is NC(=O)N[C@H](CC(=O)O)c1ccc(Br)cc1. The number of carbonyl (C=O) groups is 2. The summed E-state index contributed by atoms with van der Waals surface area (Å²) >= 11 is 3.27. The molecule has 1 aromatic carbocycles. The number of carboxylic acids is 1. The molecule has 0 aliphatic heterocycles. The van der Waals surface area contributed by atoms with E-state index < -0.39 is 18.0 Å². The normalized spacial score (nSPS) is 11.8. The Morgan fingerprint density at radius 3 is 2.38 bits per heavy atom. The van der Waals surface area contributed by atoms with Crippen molar-refractivity contribution in [2.45, 2.75) is 12.5 Å². The summed E-state index contributed by atoms with van der Waals surface area (Å²) in [5.41, 5.74) is 5.68. The zero-order valence-electron chi connectivity index (χ0n) is 8.31. The number of primary amides is 1. The molecule has 0 radical (unpaired) electrons. The number of benzene rings is 1. The van der Waals surface area contributed by atoms with Crippen molar-refractivity contribution in [3.63, 3.8) is 0 Å². The lowest BCUT2D eigenvalue weighted by Gasteiger charge is -2.15. The average Bonchev–Trinajstić information content (AvgIpc) is 2.16. The fraction of sp³-hybridized carbons (Fsp3) is 0.200. The smallest absolute Gasteiger partial charge is 0.312 e. The van der Waals surface area contributed by atoms with Crippen LogP contribution in [0, 0.1) is 0 Å². The first kappa shape index (κ1) is 12.5. The summed E-state index contributed by atoms with van der Waals surface area (Å²) in [4.78, 5) is 21.4. The van der Waals surface area contributed by atoms with E-state index in [0.29, 0.717) is 5.56 Å². The molecule has 0 heterocycles. The van der Waals surface area contributed by atoms with Crippen molar-refractivity contribution < 1.29 is 14.7 Å². The van der Waals surface area contributed by atoms with Gasteiger partial charge in [-0.3, -0.25) is 4.79 Å². The van der Waals surface area contributed by atoms with Gasteiger partial charge in [0, 0.05) is 4.47 Å². The standard InChI is InChI=1S/C10H11BrN2O3/c11-7-3-1-6(2-4-7)8(5-9(14)15)13-10(12)16/h1-4,8H,5H2,(H,14,15)(H3,12,13,16)/t8-/m1/s1. The summed E-state index contributed by atoms with van der Waals surface area (Å²) < 4.78 is 0.879. The largest absolute Gasteiger partial charge is 0.481 e. The second-order valence-electron chi connectivity index (χ2n) is 3.21. The van der Waals surface area contributed by atoms with Crippen molar-refractivity contribution in [3.05, 3.63) is 34.3 Å². The number of nitrogens with one attached hydrogen (secondary N) is 1. The molecule has 4 N–H and O–H groups in total. The topological polar surface area (TPSA) is 92.4 Å². The molecule has 16 heavy (non-hydrogen) atoms. The highest BCUT2D eigenvalue weighted by Crippen LogP contribution is 2.19. The van der Waals surface area contributed by atoms with Crippen molar-refractivity contribution >= 4 is 27.9 Å². The van der Waals surface area contributed by atoms with Gasteiger partial charge >= 0.3 is 12.0 Å². The van der Waals surface area contributed by atoms with Crippen molar-refractivity contribution in [2.75, 3.05) is 0 Å². The molecule has 1 atom stereocenters. The van der Waals surface area contributed by atoms with E-state index in [1.54, 1.807) is 24.3 Å². The number of rotatable bonds is 4. The van der Waals surface area contributed by atoms with Gasteiger partial charge in [0.15, 0.2) is 0 Å². The summed E-state index contributed by atoms with van der Waals surface area (Å²) in [7, 11) is 0. The average molecular weight is 287 g/mol. The summed E-state index contributed by atoms with van der Waals surface area (Å²) in [5, 5.41) is 11.1. The van der Waals surface area contributed by atoms with Crippen LogP contribution in [0.1, 0.15) is 18.0 Å². The Labute approximate surface area is 101 Å². The summed E-state index contributed by atoms with van der Waals surface area (Å²) in [6, 6.07) is 5.65. The summed E-state index contributed by atoms with van der Waals surface area (Å²) in [6.07, 6.45) is -0.204. The molecule has 2 amide bonds. The van der Waals surface area contributed by atoms with Crippen LogP contribution in [0.5, 0.6) is 0 Å². The lowest BCUT2D eigenvalue weighted by Crippen LogP contribution is -2.34. The Morgan fingerprint density at radius 2 is 1.94 bits per heavy atom. The molecule has 0 fully saturated rings. The number of carboxylic acid groups (broad SMARTS) is 1. The van der Waals surface area contributed by atoms with Crippen LogP contribution in [-0.4, -0.2) is 17.1 Å². The molecule has 0 aromatic heterocycles. The van der Waals surface area contributed by atoms with Gasteiger partial charge in [-0.1, -0.05) is 28.1 Å². The molecular formula is C10H11BrN2O3. The van der Waals surface area contributed by atoms with Crippen molar-refractivity contribution in [3.8, 4) is 0 Å². The second-order valence-corrected chi connectivity index (χ2v) is 4.13. The van der Waals surface area contributed by atoms with Crippen LogP contribution in [-0.2, 0) is 4.79 Å². The molecule has 5 nitrogen and oxygen atoms in total. The van der Waals surface area contributed by atoms with Crippen molar-refractivity contribution in [2.24, 2.45) is 5.73 Å². The number of carbonyl (C=O) groups excluding carboxylic acids is 1. The Bertz CT molecular complexity index is 376. The van der Waals surface area contributed by atoms with Gasteiger partial charge < -0.3 is 16.2 Å². The monoisotopic (exact) mass is 286 g/mol. The molecule has 0 unspecified atom stereocenters. The minimum absolute atomic E-state index is 0.204. The highest BCUT2D eigenvalue weighted by atomic mass is 79.9. The first-order valence-electron chi connectivity index (χ1n) is 4.52. The molecular weight excluding hydrogens is 276 g/mol. The number of urea groups is 1. The van der Waals surface area contributed by atoms with Gasteiger partial charge in [-0.25, -0.2) is 4.79 Å². The highest BCUT2D eigenvalue weighted by molar-refractivity contribution is 9.10. The number of nitrogens with two attached hydrogens (primary N) is 1. The minimum atomic E-state index is -0.998. The van der Waals surface area contributed by atoms with E-state index in [1.807, 2.05) is 0 Å². The number of amides is 2. The van der Waals surface area contributed by atoms with E-state index in [2.05, 4.69) is 21.2 Å². The van der Waals surface area contributed by atoms with Crippen LogP contribution in [0.4, 0.5) is 4.79 Å². The quantitative estimate of drug-likeness (QED) is 0.785. The maximum absolute atomic E-state index is 10.7. The minimum Gasteiger partial charge on any atom is -0.481 e. The highest BCUT2D eigenvalue weighted by Gasteiger charge is 2.16. The Kier molecular flexibility index (Phi) is 4.30. The van der Waals surface area contributed by atoms with Gasteiger partial charge in [0.2, 0.25) is 0 Å². The third-order valence-electron chi connectivity index (χ3n) is 1.97. The lowest BCUT2D eigenvalue weighted by atomic mass is 10.0. The third-order valence-corrected chi connectivity index (χ3v) is 2.50. The molecule has 0 aliphatic rings. The number of aliphatic carboxylic acids is 1. The van der Waals surface area contributed by atoms with Crippen LogP contribution >= 0.6 is 15.9 Å². The number of halogens is 1. The van der Waals surface area contributed by atoms with E-state index in [0.717, 1.165) is 4.47 Å². The second kappa shape index (κ2) is 5.50. The van der Waals surface area contributed by atoms with E-state index >= 15 is 0 Å². The zero-order chi connectivity index (χ0) is 12.1. The number of hydrogen-bond donors (Lipinski definition) is 3.